The quantitative estimate of drug-likeness (QED) is 0.790. The molecule has 1 aliphatic rings. The Morgan fingerprint density at radius 1 is 1.33 bits per heavy atom. The van der Waals surface area contributed by atoms with Crippen LogP contribution >= 0.6 is 0 Å². The van der Waals surface area contributed by atoms with Crippen LogP contribution in [0.15, 0.2) is 30.3 Å². The highest BCUT2D eigenvalue weighted by molar-refractivity contribution is 7.87. The van der Waals surface area contributed by atoms with Crippen LogP contribution < -0.4 is 0 Å². The lowest BCUT2D eigenvalue weighted by Gasteiger charge is -2.34. The molecule has 7 heteroatoms. The zero-order valence-electron chi connectivity index (χ0n) is 9.85. The summed E-state index contributed by atoms with van der Waals surface area (Å²) in [7, 11) is -2.49. The molecular formula is C11H14N2O4S. The van der Waals surface area contributed by atoms with Gasteiger partial charge in [-0.15, -0.1) is 0 Å². The van der Waals surface area contributed by atoms with Crippen LogP contribution in [0.2, 0.25) is 0 Å². The highest BCUT2D eigenvalue weighted by Gasteiger charge is 2.41. The van der Waals surface area contributed by atoms with Crippen LogP contribution in [0.3, 0.4) is 0 Å². The molecule has 1 saturated heterocycles. The first-order chi connectivity index (χ1) is 8.43. The van der Waals surface area contributed by atoms with Crippen LogP contribution in [0.4, 0.5) is 0 Å². The van der Waals surface area contributed by atoms with Gasteiger partial charge in [-0.05, 0) is 5.56 Å². The second-order valence-electron chi connectivity index (χ2n) is 4.13. The minimum Gasteiger partial charge on any atom is -0.382 e. The van der Waals surface area contributed by atoms with Crippen LogP contribution in [-0.2, 0) is 21.5 Å². The average molecular weight is 270 g/mol. The predicted molar refractivity (Wildman–Crippen MR) is 64.5 cm³/mol. The minimum absolute atomic E-state index is 0.0661. The number of amides is 1. The molecule has 18 heavy (non-hydrogen) atoms. The highest BCUT2D eigenvalue weighted by atomic mass is 32.2. The van der Waals surface area contributed by atoms with Crippen molar-refractivity contribution >= 4 is 16.1 Å². The number of β-amino-alcohol motifs (C(OH)–C–C–N with tert-alkyl or cyclic N) is 1. The van der Waals surface area contributed by atoms with E-state index in [9.17, 15) is 18.3 Å². The molecule has 2 rings (SSSR count). The number of aliphatic hydroxyl groups excluding tert-OH is 1. The Morgan fingerprint density at radius 3 is 2.56 bits per heavy atom. The van der Waals surface area contributed by atoms with E-state index >= 15 is 0 Å². The van der Waals surface area contributed by atoms with E-state index in [1.807, 2.05) is 0 Å². The Bertz CT molecular complexity index is 543. The fourth-order valence-corrected chi connectivity index (χ4v) is 3.10. The van der Waals surface area contributed by atoms with Gasteiger partial charge in [0.1, 0.15) is 6.10 Å². The van der Waals surface area contributed by atoms with Gasteiger partial charge in [0.05, 0.1) is 13.1 Å². The summed E-state index contributed by atoms with van der Waals surface area (Å²) < 4.78 is 25.7. The van der Waals surface area contributed by atoms with Crippen LogP contribution in [-0.4, -0.2) is 47.7 Å². The fraction of sp³-hybridized carbons (Fsp3) is 0.364. The Balaban J connectivity index is 2.31. The van der Waals surface area contributed by atoms with Crippen molar-refractivity contribution in [1.82, 2.24) is 8.61 Å². The highest BCUT2D eigenvalue weighted by Crippen LogP contribution is 2.19. The van der Waals surface area contributed by atoms with Crippen molar-refractivity contribution in [1.29, 1.82) is 0 Å². The second-order valence-corrected chi connectivity index (χ2v) is 6.09. The normalized spacial score (nSPS) is 24.2. The van der Waals surface area contributed by atoms with Gasteiger partial charge < -0.3 is 5.11 Å². The molecular weight excluding hydrogens is 256 g/mol. The summed E-state index contributed by atoms with van der Waals surface area (Å²) >= 11 is 0. The van der Waals surface area contributed by atoms with Crippen LogP contribution in [0.5, 0.6) is 0 Å². The zero-order chi connectivity index (χ0) is 13.3. The standard InChI is InChI=1S/C11H14N2O4S/c1-12-8-10(14)11(15)13(18(12,16)17)7-9-5-3-2-4-6-9/h2-6,10,14H,7-8H2,1H3. The summed E-state index contributed by atoms with van der Waals surface area (Å²) in [4.78, 5) is 11.8. The smallest absolute Gasteiger partial charge is 0.306 e. The molecule has 1 aromatic carbocycles. The van der Waals surface area contributed by atoms with Crippen molar-refractivity contribution in [3.63, 3.8) is 0 Å². The Morgan fingerprint density at radius 2 is 1.94 bits per heavy atom. The minimum atomic E-state index is -3.83. The third kappa shape index (κ3) is 2.24. The molecule has 1 atom stereocenters. The van der Waals surface area contributed by atoms with Crippen molar-refractivity contribution < 1.29 is 18.3 Å². The van der Waals surface area contributed by atoms with Gasteiger partial charge in [0.2, 0.25) is 0 Å². The molecule has 0 spiro atoms. The summed E-state index contributed by atoms with van der Waals surface area (Å²) in [5, 5.41) is 9.53. The number of hydrogen-bond acceptors (Lipinski definition) is 4. The Labute approximate surface area is 106 Å². The van der Waals surface area contributed by atoms with E-state index < -0.39 is 22.2 Å². The second kappa shape index (κ2) is 4.68. The summed E-state index contributed by atoms with van der Waals surface area (Å²) in [6, 6.07) is 8.78. The summed E-state index contributed by atoms with van der Waals surface area (Å²) in [5.41, 5.74) is 0.692. The Hall–Kier alpha value is -1.44. The number of carbonyl (C=O) groups excluding carboxylic acids is 1. The molecule has 6 nitrogen and oxygen atoms in total. The topological polar surface area (TPSA) is 77.9 Å². The van der Waals surface area contributed by atoms with Gasteiger partial charge in [-0.2, -0.15) is 12.7 Å². The van der Waals surface area contributed by atoms with Gasteiger partial charge in [0.15, 0.2) is 0 Å². The summed E-state index contributed by atoms with van der Waals surface area (Å²) in [6.07, 6.45) is -1.30. The van der Waals surface area contributed by atoms with Crippen LogP contribution in [0.1, 0.15) is 5.56 Å². The lowest BCUT2D eigenvalue weighted by atomic mass is 10.2. The van der Waals surface area contributed by atoms with Gasteiger partial charge in [-0.3, -0.25) is 4.79 Å². The van der Waals surface area contributed by atoms with E-state index in [2.05, 4.69) is 0 Å². The van der Waals surface area contributed by atoms with Crippen molar-refractivity contribution in [2.75, 3.05) is 13.6 Å². The predicted octanol–water partition coefficient (Wildman–Crippen LogP) is -0.434. The summed E-state index contributed by atoms with van der Waals surface area (Å²) in [6.45, 7) is -0.268. The third-order valence-electron chi connectivity index (χ3n) is 2.80. The number of benzene rings is 1. The molecule has 1 heterocycles. The number of aliphatic hydroxyl groups is 1. The lowest BCUT2D eigenvalue weighted by molar-refractivity contribution is -0.137. The van der Waals surface area contributed by atoms with Crippen LogP contribution in [0, 0.1) is 0 Å². The molecule has 1 N–H and O–H groups in total. The molecule has 1 aromatic rings. The molecule has 1 unspecified atom stereocenters. The number of likely N-dealkylation sites (N-methyl/N-ethyl adjacent to an activating group) is 1. The maximum Gasteiger partial charge on any atom is 0.306 e. The summed E-state index contributed by atoms with van der Waals surface area (Å²) in [5.74, 6) is -0.781. The third-order valence-corrected chi connectivity index (χ3v) is 4.61. The van der Waals surface area contributed by atoms with Crippen LogP contribution in [0.25, 0.3) is 0 Å². The van der Waals surface area contributed by atoms with Crippen molar-refractivity contribution in [2.24, 2.45) is 0 Å². The number of nitrogens with zero attached hydrogens (tertiary/aromatic N) is 2. The zero-order valence-corrected chi connectivity index (χ0v) is 10.7. The van der Waals surface area contributed by atoms with E-state index in [-0.39, 0.29) is 13.1 Å². The van der Waals surface area contributed by atoms with E-state index in [1.165, 1.54) is 7.05 Å². The van der Waals surface area contributed by atoms with Crippen molar-refractivity contribution in [3.05, 3.63) is 35.9 Å². The molecule has 1 amide bonds. The van der Waals surface area contributed by atoms with Crippen molar-refractivity contribution in [3.8, 4) is 0 Å². The molecule has 1 aliphatic heterocycles. The maximum atomic E-state index is 12.0. The van der Waals surface area contributed by atoms with E-state index in [0.29, 0.717) is 9.87 Å². The first kappa shape index (κ1) is 13.0. The van der Waals surface area contributed by atoms with Gasteiger partial charge in [0.25, 0.3) is 5.91 Å². The first-order valence-corrected chi connectivity index (χ1v) is 6.82. The SMILES string of the molecule is CN1CC(O)C(=O)N(Cc2ccccc2)S1(=O)=O. The number of carbonyl (C=O) groups is 1. The largest absolute Gasteiger partial charge is 0.382 e. The van der Waals surface area contributed by atoms with E-state index in [1.54, 1.807) is 30.3 Å². The van der Waals surface area contributed by atoms with Gasteiger partial charge in [-0.25, -0.2) is 4.31 Å². The Kier molecular flexibility index (Phi) is 3.38. The molecule has 0 bridgehead atoms. The van der Waals surface area contributed by atoms with E-state index in [4.69, 9.17) is 0 Å². The molecule has 0 aliphatic carbocycles. The molecule has 0 saturated carbocycles. The molecule has 1 fully saturated rings. The monoisotopic (exact) mass is 270 g/mol. The average Bonchev–Trinajstić information content (AvgIpc) is 2.34. The first-order valence-electron chi connectivity index (χ1n) is 5.43. The fourth-order valence-electron chi connectivity index (χ4n) is 1.77. The lowest BCUT2D eigenvalue weighted by Crippen LogP contribution is -2.57. The maximum absolute atomic E-state index is 12.0. The van der Waals surface area contributed by atoms with Crippen molar-refractivity contribution in [2.45, 2.75) is 12.6 Å². The van der Waals surface area contributed by atoms with Gasteiger partial charge in [0, 0.05) is 7.05 Å². The number of rotatable bonds is 2. The molecule has 0 aromatic heterocycles. The van der Waals surface area contributed by atoms with Gasteiger partial charge >= 0.3 is 10.2 Å². The number of hydrogen-bond donors (Lipinski definition) is 1. The van der Waals surface area contributed by atoms with E-state index in [0.717, 1.165) is 4.31 Å². The van der Waals surface area contributed by atoms with Gasteiger partial charge in [-0.1, -0.05) is 30.3 Å². The molecule has 98 valence electrons. The molecule has 0 radical (unpaired) electrons.